The average molecular weight is 762 g/mol. The van der Waals surface area contributed by atoms with Crippen LogP contribution in [0.4, 0.5) is 4.79 Å². The molecular weight excluding hydrogens is 687 g/mol. The van der Waals surface area contributed by atoms with Gasteiger partial charge < -0.3 is 28.8 Å². The van der Waals surface area contributed by atoms with E-state index in [0.29, 0.717) is 13.2 Å². The average Bonchev–Trinajstić information content (AvgIpc) is 3.02. The van der Waals surface area contributed by atoms with Gasteiger partial charge in [-0.1, -0.05) is 124 Å². The Morgan fingerprint density at radius 2 is 1.31 bits per heavy atom. The van der Waals surface area contributed by atoms with Crippen molar-refractivity contribution < 1.29 is 32.7 Å². The Hall–Kier alpha value is -2.25. The zero-order chi connectivity index (χ0) is 40.2. The van der Waals surface area contributed by atoms with Gasteiger partial charge in [0.2, 0.25) is 0 Å². The first-order valence-electron chi connectivity index (χ1n) is 19.1. The molecule has 2 N–H and O–H groups in total. The Morgan fingerprint density at radius 3 is 1.79 bits per heavy atom. The van der Waals surface area contributed by atoms with E-state index in [1.54, 1.807) is 0 Å². The van der Waals surface area contributed by atoms with Crippen molar-refractivity contribution in [2.75, 3.05) is 13.7 Å². The lowest BCUT2D eigenvalue weighted by molar-refractivity contribution is -0.134. The van der Waals surface area contributed by atoms with Crippen molar-refractivity contribution in [1.29, 1.82) is 0 Å². The van der Waals surface area contributed by atoms with Crippen molar-refractivity contribution >= 4 is 28.7 Å². The van der Waals surface area contributed by atoms with Gasteiger partial charge in [0.15, 0.2) is 16.6 Å². The lowest BCUT2D eigenvalue weighted by Crippen LogP contribution is -2.51. The molecule has 0 saturated heterocycles. The first kappa shape index (κ1) is 47.8. The van der Waals surface area contributed by atoms with Crippen LogP contribution in [0.15, 0.2) is 54.1 Å². The molecule has 0 aliphatic carbocycles. The summed E-state index contributed by atoms with van der Waals surface area (Å²) in [7, 11) is -3.00. The van der Waals surface area contributed by atoms with Gasteiger partial charge in [-0.05, 0) is 67.0 Å². The van der Waals surface area contributed by atoms with Crippen molar-refractivity contribution in [3.63, 3.8) is 0 Å². The van der Waals surface area contributed by atoms with Crippen LogP contribution in [-0.4, -0.2) is 60.7 Å². The number of carbonyl (C=O) groups excluding carboxylic acids is 2. The first-order valence-corrected chi connectivity index (χ1v) is 24.9. The molecule has 8 nitrogen and oxygen atoms in total. The van der Waals surface area contributed by atoms with Crippen molar-refractivity contribution in [3.8, 4) is 0 Å². The fraction of sp³-hybridized carbons (Fsp3) is 0.714. The predicted molar refractivity (Wildman–Crippen MR) is 220 cm³/mol. The molecule has 1 aromatic carbocycles. The molecule has 3 unspecified atom stereocenters. The van der Waals surface area contributed by atoms with Gasteiger partial charge in [-0.3, -0.25) is 0 Å². The molecule has 0 bridgehead atoms. The van der Waals surface area contributed by atoms with E-state index in [-0.39, 0.29) is 57.8 Å². The van der Waals surface area contributed by atoms with Gasteiger partial charge in [-0.15, -0.1) is 0 Å². The Bertz CT molecular complexity index is 1300. The normalized spacial score (nSPS) is 18.2. The van der Waals surface area contributed by atoms with E-state index in [9.17, 15) is 9.59 Å². The van der Waals surface area contributed by atoms with Crippen LogP contribution in [0.1, 0.15) is 95.1 Å². The van der Waals surface area contributed by atoms with Gasteiger partial charge in [0.05, 0.1) is 32.5 Å². The predicted octanol–water partition coefficient (Wildman–Crippen LogP) is 10.7. The van der Waals surface area contributed by atoms with Gasteiger partial charge in [-0.2, -0.15) is 0 Å². The number of hydrogen-bond donors (Lipinski definition) is 1. The Balaban J connectivity index is 3.47. The number of primary amides is 1. The van der Waals surface area contributed by atoms with Gasteiger partial charge in [0.25, 0.3) is 0 Å². The number of rotatable bonds is 20. The Kier molecular flexibility index (Phi) is 18.8. The molecule has 0 spiro atoms. The van der Waals surface area contributed by atoms with Crippen LogP contribution in [0.5, 0.6) is 0 Å². The summed E-state index contributed by atoms with van der Waals surface area (Å²) in [6.07, 6.45) is 4.88. The SMILES string of the molecule is COC(=O)C=CC(C)C(O[Si](C)(C)C(C)(C)C)C(C)C=C(C)C[C@H](C)[C@@H](O[Si](C)(C)C(C)(C)C)[C@H](C)[C@@H](OC(N)=O)[C@@H](C)COCc1ccccc1. The van der Waals surface area contributed by atoms with Gasteiger partial charge in [0, 0.05) is 23.8 Å². The van der Waals surface area contributed by atoms with E-state index < -0.39 is 28.8 Å². The van der Waals surface area contributed by atoms with E-state index in [0.717, 1.165) is 12.0 Å². The molecule has 10 heteroatoms. The summed E-state index contributed by atoms with van der Waals surface area (Å²) < 4.78 is 31.2. The molecule has 8 atom stereocenters. The topological polar surface area (TPSA) is 106 Å². The largest absolute Gasteiger partial charge is 0.466 e. The van der Waals surface area contributed by atoms with Gasteiger partial charge >= 0.3 is 12.1 Å². The molecule has 1 rings (SSSR count). The molecule has 0 heterocycles. The monoisotopic (exact) mass is 762 g/mol. The van der Waals surface area contributed by atoms with E-state index >= 15 is 0 Å². The number of allylic oxidation sites excluding steroid dienone is 1. The van der Waals surface area contributed by atoms with Crippen LogP contribution in [0.25, 0.3) is 0 Å². The summed E-state index contributed by atoms with van der Waals surface area (Å²) in [6.45, 7) is 36.3. The fourth-order valence-electron chi connectivity index (χ4n) is 6.21. The first-order chi connectivity index (χ1) is 23.7. The minimum Gasteiger partial charge on any atom is -0.466 e. The van der Waals surface area contributed by atoms with Crippen molar-refractivity contribution in [2.45, 2.75) is 151 Å². The van der Waals surface area contributed by atoms with Crippen LogP contribution in [0.3, 0.4) is 0 Å². The Morgan fingerprint density at radius 1 is 0.788 bits per heavy atom. The number of nitrogens with two attached hydrogens (primary N) is 1. The van der Waals surface area contributed by atoms with Crippen molar-refractivity contribution in [1.82, 2.24) is 0 Å². The maximum atomic E-state index is 12.3. The second kappa shape index (κ2) is 20.4. The third-order valence-corrected chi connectivity index (χ3v) is 20.3. The summed E-state index contributed by atoms with van der Waals surface area (Å²) >= 11 is 0. The highest BCUT2D eigenvalue weighted by Crippen LogP contribution is 2.42. The minimum absolute atomic E-state index is 0.0170. The zero-order valence-corrected chi connectivity index (χ0v) is 37.8. The molecule has 52 heavy (non-hydrogen) atoms. The van der Waals surface area contributed by atoms with E-state index in [4.69, 9.17) is 28.8 Å². The second-order valence-corrected chi connectivity index (χ2v) is 27.7. The van der Waals surface area contributed by atoms with Crippen molar-refractivity contribution in [2.24, 2.45) is 35.3 Å². The maximum Gasteiger partial charge on any atom is 0.404 e. The lowest BCUT2D eigenvalue weighted by Gasteiger charge is -2.45. The summed E-state index contributed by atoms with van der Waals surface area (Å²) in [4.78, 5) is 24.3. The maximum absolute atomic E-state index is 12.3. The smallest absolute Gasteiger partial charge is 0.404 e. The summed E-state index contributed by atoms with van der Waals surface area (Å²) in [5.74, 6) is -0.493. The third-order valence-electron chi connectivity index (χ3n) is 11.3. The number of esters is 1. The highest BCUT2D eigenvalue weighted by Gasteiger charge is 2.45. The minimum atomic E-state index is -2.25. The van der Waals surface area contributed by atoms with Gasteiger partial charge in [0.1, 0.15) is 6.10 Å². The quantitative estimate of drug-likeness (QED) is 0.0610. The van der Waals surface area contributed by atoms with E-state index in [1.807, 2.05) is 43.3 Å². The number of ether oxygens (including phenoxy) is 3. The summed E-state index contributed by atoms with van der Waals surface area (Å²) in [5.41, 5.74) is 8.00. The molecule has 298 valence electrons. The summed E-state index contributed by atoms with van der Waals surface area (Å²) in [5, 5.41) is 0.0123. The zero-order valence-electron chi connectivity index (χ0n) is 35.8. The van der Waals surface area contributed by atoms with Crippen LogP contribution in [0.2, 0.25) is 36.3 Å². The number of methoxy groups -OCH3 is 1. The molecule has 0 fully saturated rings. The number of hydrogen-bond acceptors (Lipinski definition) is 7. The third kappa shape index (κ3) is 15.2. The molecule has 0 radical (unpaired) electrons. The van der Waals surface area contributed by atoms with Crippen LogP contribution in [-0.2, 0) is 34.5 Å². The van der Waals surface area contributed by atoms with Crippen LogP contribution < -0.4 is 5.73 Å². The molecule has 0 aromatic heterocycles. The van der Waals surface area contributed by atoms with E-state index in [1.165, 1.54) is 18.8 Å². The molecular formula is C42H75NO7Si2. The van der Waals surface area contributed by atoms with E-state index in [2.05, 4.69) is 108 Å². The number of amides is 1. The van der Waals surface area contributed by atoms with Crippen LogP contribution >= 0.6 is 0 Å². The molecule has 1 aromatic rings. The number of carbonyl (C=O) groups is 2. The summed E-state index contributed by atoms with van der Waals surface area (Å²) in [6, 6.07) is 10.0. The molecule has 0 saturated carbocycles. The molecule has 1 amide bonds. The number of benzene rings is 1. The standard InChI is InChI=1S/C42H75NO7Si2/c1-29(25-31(3)37(30(2)23-24-36(44)46-13)49-51(14,15)41(7,8)9)26-32(4)39(50-52(16,17)42(10,11)12)34(6)38(48-40(43)45)33(5)27-47-28-35-21-19-18-20-22-35/h18-25,30-34,37-39H,26-28H2,1-17H3,(H2,43,45)/t30?,31?,32-,33-,34+,37?,38-,39+/m0/s1. The van der Waals surface area contributed by atoms with Gasteiger partial charge in [-0.25, -0.2) is 9.59 Å². The highest BCUT2D eigenvalue weighted by molar-refractivity contribution is 6.74. The second-order valence-electron chi connectivity index (χ2n) is 18.2. The van der Waals surface area contributed by atoms with Crippen molar-refractivity contribution in [3.05, 3.63) is 59.7 Å². The van der Waals surface area contributed by atoms with Crippen LogP contribution in [0, 0.1) is 29.6 Å². The fourth-order valence-corrected chi connectivity index (χ4v) is 9.15. The molecule has 0 aliphatic rings. The highest BCUT2D eigenvalue weighted by atomic mass is 28.4. The lowest BCUT2D eigenvalue weighted by atomic mass is 9.81. The molecule has 0 aliphatic heterocycles. The Labute approximate surface area is 319 Å².